The molecule has 0 aromatic rings. The number of carboxylic acids is 16. The van der Waals surface area contributed by atoms with Crippen molar-refractivity contribution in [3.05, 3.63) is 0 Å². The number of aliphatic hydroxyl groups excluding tert-OH is 6. The summed E-state index contributed by atoms with van der Waals surface area (Å²) in [6.45, 7) is 14.1. The number of hydrogen-bond donors (Lipinski definition) is 35. The molecule has 0 spiro atoms. The molecule has 0 aliphatic rings. The van der Waals surface area contributed by atoms with E-state index in [2.05, 4.69) is 11.1 Å². The van der Waals surface area contributed by atoms with Gasteiger partial charge in [-0.2, -0.15) is 0 Å². The van der Waals surface area contributed by atoms with Crippen LogP contribution in [-0.4, -0.2) is 325 Å². The number of rotatable bonds is 34. The second-order valence-electron chi connectivity index (χ2n) is 21.7. The maximum atomic E-state index is 10.3. The van der Waals surface area contributed by atoms with Crippen molar-refractivity contribution in [3.8, 4) is 0 Å². The van der Waals surface area contributed by atoms with E-state index in [0.717, 1.165) is 13.3 Å². The van der Waals surface area contributed by atoms with Gasteiger partial charge >= 0.3 is 119 Å². The molecule has 0 radical (unpaired) electrons. The Morgan fingerprint density at radius 1 is 0.459 bits per heavy atom. The summed E-state index contributed by atoms with van der Waals surface area (Å²) in [5, 5.41) is 198. The largest absolute Gasteiger partial charge is 1.00 e. The Hall–Kier alpha value is -8.89. The Balaban J connectivity index is -0.0000000753. The van der Waals surface area contributed by atoms with Crippen LogP contribution in [0.15, 0.2) is 0 Å². The van der Waals surface area contributed by atoms with Crippen LogP contribution in [-0.2, 0) is 76.7 Å². The monoisotopic (exact) mass is 1620 g/mol. The first-order chi connectivity index (χ1) is 48.7. The molecule has 0 fully saturated rings. The van der Waals surface area contributed by atoms with Crippen LogP contribution in [0.4, 0.5) is 0 Å². The van der Waals surface area contributed by atoms with Gasteiger partial charge in [-0.15, -0.1) is 0 Å². The van der Waals surface area contributed by atoms with E-state index in [1.54, 1.807) is 13.8 Å². The van der Waals surface area contributed by atoms with Gasteiger partial charge in [-0.05, 0) is 64.2 Å². The van der Waals surface area contributed by atoms with Crippen molar-refractivity contribution in [2.75, 3.05) is 32.9 Å². The number of carboxylic acid groups (broad SMARTS) is 16. The van der Waals surface area contributed by atoms with Crippen molar-refractivity contribution >= 4 is 101 Å². The van der Waals surface area contributed by atoms with Crippen molar-refractivity contribution in [1.29, 1.82) is 5.41 Å². The van der Waals surface area contributed by atoms with Gasteiger partial charge in [-0.1, -0.05) is 48.0 Å². The predicted octanol–water partition coefficient (Wildman–Crippen LogP) is -14.4. The third kappa shape index (κ3) is 118. The van der Waals surface area contributed by atoms with Crippen LogP contribution in [0, 0.1) is 23.2 Å². The third-order valence-corrected chi connectivity index (χ3v) is 10.5. The zero-order valence-corrected chi connectivity index (χ0v) is 63.7. The minimum Gasteiger partial charge on any atom is -0.547 e. The van der Waals surface area contributed by atoms with Crippen molar-refractivity contribution in [3.63, 3.8) is 0 Å². The van der Waals surface area contributed by atoms with E-state index in [1.165, 1.54) is 13.8 Å². The first-order valence-electron chi connectivity index (χ1n) is 30.4. The van der Waals surface area contributed by atoms with Gasteiger partial charge in [-0.3, -0.25) is 72.5 Å². The van der Waals surface area contributed by atoms with Crippen LogP contribution in [0.2, 0.25) is 0 Å². The number of guanidine groups is 1. The zero-order chi connectivity index (χ0) is 89.6. The Bertz CT molecular complexity index is 2500. The Morgan fingerprint density at radius 3 is 0.899 bits per heavy atom. The Morgan fingerprint density at radius 2 is 0.780 bits per heavy atom. The summed E-state index contributed by atoms with van der Waals surface area (Å²) in [6.07, 6.45) is -3.98. The van der Waals surface area contributed by atoms with Crippen molar-refractivity contribution in [2.24, 2.45) is 80.8 Å². The van der Waals surface area contributed by atoms with Gasteiger partial charge in [0.05, 0.1) is 63.8 Å². The first-order valence-corrected chi connectivity index (χ1v) is 30.4. The molecule has 640 valence electrons. The topological polar surface area (TPSA) is 1060 Å². The van der Waals surface area contributed by atoms with Gasteiger partial charge in [0.1, 0.15) is 60.5 Å². The number of hydrogen-bond acceptors (Lipinski definition) is 35. The summed E-state index contributed by atoms with van der Waals surface area (Å²) >= 11 is 0. The molecule has 1 unspecified atom stereocenters. The van der Waals surface area contributed by atoms with Crippen LogP contribution in [0.25, 0.3) is 0 Å². The molecule has 12 atom stereocenters. The molecule has 0 heterocycles. The summed E-state index contributed by atoms with van der Waals surface area (Å²) < 4.78 is 0. The summed E-state index contributed by atoms with van der Waals surface area (Å²) in [4.78, 5) is 158. The van der Waals surface area contributed by atoms with Crippen LogP contribution in [0.5, 0.6) is 0 Å². The van der Waals surface area contributed by atoms with Gasteiger partial charge < -0.3 is 191 Å². The second-order valence-corrected chi connectivity index (χ2v) is 21.7. The summed E-state index contributed by atoms with van der Waals surface area (Å²) in [7, 11) is 0. The maximum Gasteiger partial charge on any atom is 1.00 e. The number of carbonyl (C=O) groups is 16. The maximum absolute atomic E-state index is 10.3. The number of carbonyl (C=O) groups excluding carboxylic acids is 1. The number of nitrogens with one attached hydrogen (secondary N) is 2. The molecule has 0 saturated carbocycles. The molecule has 52 nitrogen and oxygen atoms in total. The normalized spacial score (nSPS) is 12.9. The molecule has 0 aromatic heterocycles. The van der Waals surface area contributed by atoms with Crippen LogP contribution in [0.3, 0.4) is 0 Å². The van der Waals surface area contributed by atoms with E-state index in [4.69, 9.17) is 175 Å². The Kier molecular flexibility index (Phi) is 99.3. The molecule has 109 heavy (non-hydrogen) atoms. The smallest absolute Gasteiger partial charge is 0.547 e. The zero-order valence-electron chi connectivity index (χ0n) is 61.7. The molecule has 0 saturated heterocycles. The van der Waals surface area contributed by atoms with Crippen LogP contribution < -0.4 is 103 Å². The van der Waals surface area contributed by atoms with E-state index >= 15 is 0 Å². The fourth-order valence-corrected chi connectivity index (χ4v) is 3.79. The fraction of sp³-hybridized carbons (Fsp3) is 0.696. The standard InChI is InChI=1S/C6H14N4O2.2C6H13NO2.C6H8O7.C5H9NO4.C5H11NO2.C4H7NO4.C4H9NO3.C3H7NO3.C3H7NO2.C3H8O3.C3H6O3.C2H5NO2.Na/c7-4(5(11)12)2-1-3-10-6(8)9;1-4(2)3-5(7)6(8)9;1-3-4(2)5(7)6(8)9;7-3(8)1-6(13,5(11)12)2-4(9)10;6-3(5(9)10)1-2-4(7)8;1-3(2)4(6)5(7)8;5-2(4(8)9)1-3(6)7;1-2(6)3(5)4(7)8;4-2(1-5)3(6)7;1-2(4)3(5)6;4-1-3(6)2-5;1-2(4)3(5)6;3-1-2(4)5;/h4H,1-3,7H2,(H,11,12)(H4,8,9,10);2*4-5H,3,7H2,1-2H3,(H,8,9);13H,1-2H2,(H,7,8)(H,9,10)(H,11,12);3H,1-2,6H2,(H,7,8)(H,9,10);3-4H,6H2,1-2H3,(H,7,8);2H,1,5H2,(H,6,7)(H,8,9);2-3,6H,5H2,1H3,(H,7,8);2,5H,1,4H2,(H,6,7);2H,4H2,1H3,(H,5,6);3-6H,1-2H2;2,4H,1H3,(H,5,6);1,3H2,(H,4,5);/q;;;;;;;;;;;;;+1/p-1/t4-;5-;4-,5-;;3-;4-;2-;2-,3+;2*2-;;;;/m000.000100..../s1. The minimum atomic E-state index is -2.74. The summed E-state index contributed by atoms with van der Waals surface area (Å²) in [5.41, 5.74) is 52.0. The van der Waals surface area contributed by atoms with E-state index < -0.39 is 200 Å². The molecule has 53 heteroatoms. The van der Waals surface area contributed by atoms with Crippen LogP contribution >= 0.6 is 0 Å². The minimum absolute atomic E-state index is 0. The molecular weight excluding hydrogens is 1500 g/mol. The molecule has 0 rings (SSSR count). The first kappa shape index (κ1) is 133. The number of aliphatic carboxylic acids is 16. The molecule has 0 aliphatic heterocycles. The molecule has 46 N–H and O–H groups in total. The van der Waals surface area contributed by atoms with E-state index in [-0.39, 0.29) is 80.0 Å². The molecular formula is C56H116N13NaO39. The average molecular weight is 1620 g/mol. The van der Waals surface area contributed by atoms with Crippen LogP contribution in [0.1, 0.15) is 120 Å². The quantitative estimate of drug-likeness (QED) is 0.0123. The SMILES string of the molecule is CC(C)C[C@H](N)C(=O)O.CC(C)[C@H](N)C(=O)O.CC(O)C(=O)[O-].CC[C@H](C)[C@H](N)C(=O)O.C[C@@H](O)[C@H](N)C(=O)O.C[C@H](N)C(=O)O.N=C(N)NCCC[C@H](N)C(=O)O.NCC(=O)O.N[C@@H](CC(=O)O)C(=O)O.N[C@@H](CCC(=O)O)C(=O)O.N[C@@H](CO)C(=O)O.O=C(O)CC(O)(CC(=O)O)C(=O)O.OCC(O)CO.[Na+]. The number of nitrogens with two attached hydrogens (primary N) is 11. The molecule has 0 bridgehead atoms. The summed E-state index contributed by atoms with van der Waals surface area (Å²) in [6, 6.07) is -8.28. The Labute approximate surface area is 645 Å². The van der Waals surface area contributed by atoms with E-state index in [1.807, 2.05) is 27.7 Å². The van der Waals surface area contributed by atoms with E-state index in [0.29, 0.717) is 31.7 Å². The summed E-state index contributed by atoms with van der Waals surface area (Å²) in [5.74, 6) is -18.9. The van der Waals surface area contributed by atoms with Gasteiger partial charge in [0.15, 0.2) is 11.6 Å². The predicted molar refractivity (Wildman–Crippen MR) is 368 cm³/mol. The van der Waals surface area contributed by atoms with Gasteiger partial charge in [-0.25, -0.2) is 4.79 Å². The molecule has 0 aliphatic carbocycles. The van der Waals surface area contributed by atoms with Gasteiger partial charge in [0, 0.05) is 13.0 Å². The van der Waals surface area contributed by atoms with Gasteiger partial charge in [0.25, 0.3) is 0 Å². The van der Waals surface area contributed by atoms with Crippen molar-refractivity contribution in [2.45, 2.75) is 198 Å². The fourth-order valence-electron chi connectivity index (χ4n) is 3.79. The molecule has 0 amide bonds. The van der Waals surface area contributed by atoms with Crippen molar-refractivity contribution < 1.29 is 224 Å². The van der Waals surface area contributed by atoms with E-state index in [9.17, 15) is 81.8 Å². The van der Waals surface area contributed by atoms with Gasteiger partial charge in [0.2, 0.25) is 0 Å². The average Bonchev–Trinajstić information content (AvgIpc) is 0.858. The number of aliphatic hydroxyl groups is 7. The third-order valence-electron chi connectivity index (χ3n) is 10.5. The molecule has 0 aromatic carbocycles. The second kappa shape index (κ2) is 81.6. The van der Waals surface area contributed by atoms with Crippen molar-refractivity contribution in [1.82, 2.24) is 5.32 Å².